The summed E-state index contributed by atoms with van der Waals surface area (Å²) in [7, 11) is 0. The Hall–Kier alpha value is -2.40. The highest BCUT2D eigenvalue weighted by Crippen LogP contribution is 2.30. The molecule has 0 bridgehead atoms. The lowest BCUT2D eigenvalue weighted by Crippen LogP contribution is -2.51. The summed E-state index contributed by atoms with van der Waals surface area (Å²) in [6.07, 6.45) is 8.77. The number of carboxylic acid groups (broad SMARTS) is 1. The second-order valence-electron chi connectivity index (χ2n) is 5.90. The van der Waals surface area contributed by atoms with Crippen molar-refractivity contribution in [3.63, 3.8) is 0 Å². The Bertz CT molecular complexity index is 657. The fourth-order valence-electron chi connectivity index (χ4n) is 3.07. The summed E-state index contributed by atoms with van der Waals surface area (Å²) in [5, 5.41) is 13.8. The molecule has 2 heterocycles. The van der Waals surface area contributed by atoms with Gasteiger partial charge < -0.3 is 5.11 Å². The third-order valence-corrected chi connectivity index (χ3v) is 4.50. The molecule has 0 amide bonds. The molecule has 1 aliphatic rings. The largest absolute Gasteiger partial charge is 0.479 e. The van der Waals surface area contributed by atoms with Crippen LogP contribution in [0.15, 0.2) is 54.9 Å². The summed E-state index contributed by atoms with van der Waals surface area (Å²) in [5.41, 5.74) is 0.282. The molecule has 1 N–H and O–H groups in total. The van der Waals surface area contributed by atoms with Crippen molar-refractivity contribution < 1.29 is 9.90 Å². The highest BCUT2D eigenvalue weighted by atomic mass is 16.4. The van der Waals surface area contributed by atoms with E-state index in [1.165, 1.54) is 5.56 Å². The fourth-order valence-corrected chi connectivity index (χ4v) is 3.07. The van der Waals surface area contributed by atoms with Crippen molar-refractivity contribution in [3.8, 4) is 0 Å². The molecule has 1 fully saturated rings. The Balaban J connectivity index is 1.59. The zero-order valence-electron chi connectivity index (χ0n) is 13.0. The molecule has 1 saturated heterocycles. The number of carboxylic acids is 1. The van der Waals surface area contributed by atoms with Crippen LogP contribution < -0.4 is 0 Å². The number of aromatic nitrogens is 2. The molecule has 1 aromatic carbocycles. The quantitative estimate of drug-likeness (QED) is 0.921. The molecular formula is C18H21N3O2. The minimum Gasteiger partial charge on any atom is -0.479 e. The molecule has 1 aromatic heterocycles. The van der Waals surface area contributed by atoms with Gasteiger partial charge in [-0.15, -0.1) is 0 Å². The average Bonchev–Trinajstić information content (AvgIpc) is 3.11. The molecule has 120 valence electrons. The van der Waals surface area contributed by atoms with Gasteiger partial charge in [0, 0.05) is 32.0 Å². The number of nitrogens with zero attached hydrogens (tertiary/aromatic N) is 3. The van der Waals surface area contributed by atoms with Gasteiger partial charge in [-0.2, -0.15) is 5.10 Å². The van der Waals surface area contributed by atoms with Crippen LogP contribution in [0.2, 0.25) is 0 Å². The lowest BCUT2D eigenvalue weighted by Gasteiger charge is -2.38. The normalized spacial score (nSPS) is 18.3. The van der Waals surface area contributed by atoms with E-state index >= 15 is 0 Å². The van der Waals surface area contributed by atoms with Crippen molar-refractivity contribution in [3.05, 3.63) is 60.4 Å². The highest BCUT2D eigenvalue weighted by Gasteiger charge is 2.43. The maximum absolute atomic E-state index is 11.8. The molecule has 1 aliphatic heterocycles. The van der Waals surface area contributed by atoms with Crippen LogP contribution in [0.1, 0.15) is 18.4 Å². The number of carbonyl (C=O) groups is 1. The minimum atomic E-state index is -0.900. The lowest BCUT2D eigenvalue weighted by atomic mass is 9.87. The van der Waals surface area contributed by atoms with Crippen LogP contribution in [0.3, 0.4) is 0 Å². The standard InChI is InChI=1S/C18H21N3O2/c22-17(23)18(21-13-5-11-19-21)9-14-20(15-10-18)12-4-8-16-6-2-1-3-7-16/h1-8,11,13H,9-10,12,14-15H2,(H,22,23)/b8-4+. The average molecular weight is 311 g/mol. The van der Waals surface area contributed by atoms with Crippen LogP contribution in [0.25, 0.3) is 6.08 Å². The number of rotatable bonds is 5. The van der Waals surface area contributed by atoms with Gasteiger partial charge in [0.2, 0.25) is 0 Å². The Morgan fingerprint density at radius 1 is 1.22 bits per heavy atom. The molecule has 5 nitrogen and oxygen atoms in total. The van der Waals surface area contributed by atoms with Crippen molar-refractivity contribution in [2.75, 3.05) is 19.6 Å². The first kappa shape index (κ1) is 15.5. The zero-order valence-corrected chi connectivity index (χ0v) is 13.0. The maximum Gasteiger partial charge on any atom is 0.331 e. The van der Waals surface area contributed by atoms with E-state index in [9.17, 15) is 9.90 Å². The van der Waals surface area contributed by atoms with E-state index in [0.29, 0.717) is 12.8 Å². The van der Waals surface area contributed by atoms with E-state index in [4.69, 9.17) is 0 Å². The van der Waals surface area contributed by atoms with Crippen molar-refractivity contribution in [1.29, 1.82) is 0 Å². The Morgan fingerprint density at radius 3 is 2.57 bits per heavy atom. The zero-order chi connectivity index (χ0) is 16.1. The van der Waals surface area contributed by atoms with Gasteiger partial charge in [-0.3, -0.25) is 9.58 Å². The Morgan fingerprint density at radius 2 is 1.96 bits per heavy atom. The molecular weight excluding hydrogens is 290 g/mol. The number of likely N-dealkylation sites (tertiary alicyclic amines) is 1. The minimum absolute atomic E-state index is 0.573. The van der Waals surface area contributed by atoms with Crippen molar-refractivity contribution in [2.45, 2.75) is 18.4 Å². The van der Waals surface area contributed by atoms with Crippen LogP contribution in [0.5, 0.6) is 0 Å². The maximum atomic E-state index is 11.8. The number of hydrogen-bond acceptors (Lipinski definition) is 3. The van der Waals surface area contributed by atoms with Gasteiger partial charge >= 0.3 is 5.97 Å². The van der Waals surface area contributed by atoms with E-state index in [2.05, 4.69) is 34.3 Å². The summed E-state index contributed by atoms with van der Waals surface area (Å²) < 4.78 is 1.60. The monoisotopic (exact) mass is 311 g/mol. The van der Waals surface area contributed by atoms with Gasteiger partial charge in [0.1, 0.15) is 0 Å². The second kappa shape index (κ2) is 6.79. The van der Waals surface area contributed by atoms with Crippen molar-refractivity contribution >= 4 is 12.0 Å². The number of piperidine rings is 1. The van der Waals surface area contributed by atoms with E-state index < -0.39 is 11.5 Å². The SMILES string of the molecule is O=C(O)C1(n2cccn2)CCN(C/C=C/c2ccccc2)CC1. The lowest BCUT2D eigenvalue weighted by molar-refractivity contribution is -0.151. The molecule has 3 rings (SSSR count). The van der Waals surface area contributed by atoms with Crippen molar-refractivity contribution in [1.82, 2.24) is 14.7 Å². The number of aliphatic carboxylic acids is 1. The smallest absolute Gasteiger partial charge is 0.331 e. The molecule has 0 saturated carbocycles. The first-order valence-electron chi connectivity index (χ1n) is 7.88. The molecule has 2 aromatic rings. The highest BCUT2D eigenvalue weighted by molar-refractivity contribution is 5.76. The third kappa shape index (κ3) is 3.35. The molecule has 0 radical (unpaired) electrons. The predicted octanol–water partition coefficient (Wildman–Crippen LogP) is 2.47. The Kier molecular flexibility index (Phi) is 4.57. The summed E-state index contributed by atoms with van der Waals surface area (Å²) >= 11 is 0. The van der Waals surface area contributed by atoms with E-state index in [0.717, 1.165) is 19.6 Å². The number of benzene rings is 1. The fraction of sp³-hybridized carbons (Fsp3) is 0.333. The van der Waals surface area contributed by atoms with Gasteiger partial charge in [-0.1, -0.05) is 42.5 Å². The summed E-state index contributed by atoms with van der Waals surface area (Å²) in [6, 6.07) is 12.0. The van der Waals surface area contributed by atoms with Crippen LogP contribution in [0.4, 0.5) is 0 Å². The van der Waals surface area contributed by atoms with Gasteiger partial charge in [0.25, 0.3) is 0 Å². The van der Waals surface area contributed by atoms with Crippen LogP contribution >= 0.6 is 0 Å². The van der Waals surface area contributed by atoms with E-state index in [-0.39, 0.29) is 0 Å². The second-order valence-corrected chi connectivity index (χ2v) is 5.90. The molecule has 23 heavy (non-hydrogen) atoms. The first-order valence-corrected chi connectivity index (χ1v) is 7.88. The summed E-state index contributed by atoms with van der Waals surface area (Å²) in [6.45, 7) is 2.35. The molecule has 0 aliphatic carbocycles. The van der Waals surface area contributed by atoms with Crippen LogP contribution in [-0.2, 0) is 10.3 Å². The van der Waals surface area contributed by atoms with Gasteiger partial charge in [0.15, 0.2) is 5.54 Å². The van der Waals surface area contributed by atoms with Crippen LogP contribution in [-0.4, -0.2) is 45.4 Å². The van der Waals surface area contributed by atoms with Gasteiger partial charge in [-0.05, 0) is 24.5 Å². The predicted molar refractivity (Wildman–Crippen MR) is 89.0 cm³/mol. The topological polar surface area (TPSA) is 58.4 Å². The number of hydrogen-bond donors (Lipinski definition) is 1. The van der Waals surface area contributed by atoms with Gasteiger partial charge in [0.05, 0.1) is 0 Å². The molecule has 0 unspecified atom stereocenters. The van der Waals surface area contributed by atoms with Crippen molar-refractivity contribution in [2.24, 2.45) is 0 Å². The third-order valence-electron chi connectivity index (χ3n) is 4.50. The summed E-state index contributed by atoms with van der Waals surface area (Å²) in [5.74, 6) is -0.791. The van der Waals surface area contributed by atoms with Crippen LogP contribution in [0, 0.1) is 0 Å². The molecule has 5 heteroatoms. The summed E-state index contributed by atoms with van der Waals surface area (Å²) in [4.78, 5) is 14.1. The van der Waals surface area contributed by atoms with E-state index in [1.54, 1.807) is 23.1 Å². The molecule has 0 spiro atoms. The Labute approximate surface area is 135 Å². The first-order chi connectivity index (χ1) is 11.2. The van der Waals surface area contributed by atoms with E-state index in [1.807, 2.05) is 18.2 Å². The molecule has 0 atom stereocenters. The van der Waals surface area contributed by atoms with Gasteiger partial charge in [-0.25, -0.2) is 4.79 Å².